The van der Waals surface area contributed by atoms with Crippen LogP contribution in [0.5, 0.6) is 0 Å². The average Bonchev–Trinajstić information content (AvgIpc) is 2.33. The average molecular weight is 214 g/mol. The molecule has 1 aromatic rings. The third-order valence-corrected chi connectivity index (χ3v) is 2.94. The van der Waals surface area contributed by atoms with Crippen molar-refractivity contribution in [1.82, 2.24) is 0 Å². The van der Waals surface area contributed by atoms with Crippen molar-refractivity contribution in [3.63, 3.8) is 0 Å². The molecule has 0 N–H and O–H groups in total. The van der Waals surface area contributed by atoms with Crippen molar-refractivity contribution in [1.29, 1.82) is 0 Å². The predicted octanol–water partition coefficient (Wildman–Crippen LogP) is 2.63. The number of benzene rings is 1. The van der Waals surface area contributed by atoms with Crippen LogP contribution in [0.1, 0.15) is 37.5 Å². The molecule has 2 unspecified atom stereocenters. The van der Waals surface area contributed by atoms with Gasteiger partial charge in [-0.15, -0.1) is 0 Å². The molecule has 2 nitrogen and oxygen atoms in total. The Morgan fingerprint density at radius 3 is 2.69 bits per heavy atom. The summed E-state index contributed by atoms with van der Waals surface area (Å²) in [6, 6.07) is 8.27. The van der Waals surface area contributed by atoms with E-state index in [1.54, 1.807) is 0 Å². The summed E-state index contributed by atoms with van der Waals surface area (Å²) in [5.74, 6) is 5.76. The van der Waals surface area contributed by atoms with Crippen molar-refractivity contribution < 1.29 is 9.47 Å². The molecular formula is C14H14O2. The minimum absolute atomic E-state index is 0.0291. The van der Waals surface area contributed by atoms with Crippen LogP contribution < -0.4 is 0 Å². The van der Waals surface area contributed by atoms with Gasteiger partial charge in [0.05, 0.1) is 6.10 Å². The molecule has 1 saturated heterocycles. The fourth-order valence-electron chi connectivity index (χ4n) is 2.24. The van der Waals surface area contributed by atoms with Gasteiger partial charge in [0.15, 0.2) is 5.79 Å². The Labute approximate surface area is 95.6 Å². The maximum absolute atomic E-state index is 5.93. The molecule has 82 valence electrons. The van der Waals surface area contributed by atoms with Gasteiger partial charge in [-0.3, -0.25) is 0 Å². The zero-order valence-electron chi connectivity index (χ0n) is 9.49. The fraction of sp³-hybridized carbons (Fsp3) is 0.429. The molecule has 0 radical (unpaired) electrons. The Bertz CT molecular complexity index is 462. The number of hydrogen-bond acceptors (Lipinski definition) is 2. The number of fused-ring (bicyclic) bond motifs is 2. The number of rotatable bonds is 0. The van der Waals surface area contributed by atoms with Crippen molar-refractivity contribution in [2.45, 2.75) is 38.3 Å². The van der Waals surface area contributed by atoms with Crippen molar-refractivity contribution in [2.24, 2.45) is 0 Å². The van der Waals surface area contributed by atoms with E-state index in [9.17, 15) is 0 Å². The second-order valence-corrected chi connectivity index (χ2v) is 4.74. The van der Waals surface area contributed by atoms with Gasteiger partial charge in [-0.05, 0) is 31.5 Å². The molecule has 0 aromatic heterocycles. The van der Waals surface area contributed by atoms with Gasteiger partial charge in [-0.25, -0.2) is 0 Å². The van der Waals surface area contributed by atoms with Crippen LogP contribution in [0, 0.1) is 11.8 Å². The first-order valence-corrected chi connectivity index (χ1v) is 5.59. The maximum atomic E-state index is 5.93. The molecule has 16 heavy (non-hydrogen) atoms. The van der Waals surface area contributed by atoms with Gasteiger partial charge in [0, 0.05) is 12.0 Å². The summed E-state index contributed by atoms with van der Waals surface area (Å²) in [7, 11) is 0. The van der Waals surface area contributed by atoms with Gasteiger partial charge < -0.3 is 9.47 Å². The van der Waals surface area contributed by atoms with E-state index >= 15 is 0 Å². The van der Waals surface area contributed by atoms with E-state index in [-0.39, 0.29) is 12.2 Å². The molecule has 3 aliphatic rings. The van der Waals surface area contributed by atoms with Gasteiger partial charge in [0.25, 0.3) is 0 Å². The Kier molecular flexibility index (Phi) is 2.07. The van der Waals surface area contributed by atoms with Crippen LogP contribution in [-0.2, 0) is 9.47 Å². The number of ether oxygens (including phenoxy) is 2. The molecule has 4 rings (SSSR count). The normalized spacial score (nSPS) is 29.6. The Balaban J connectivity index is 2.08. The topological polar surface area (TPSA) is 18.5 Å². The summed E-state index contributed by atoms with van der Waals surface area (Å²) in [5, 5.41) is 0. The summed E-state index contributed by atoms with van der Waals surface area (Å²) in [6.45, 7) is 3.89. The monoisotopic (exact) mass is 214 g/mol. The summed E-state index contributed by atoms with van der Waals surface area (Å²) in [4.78, 5) is 0. The largest absolute Gasteiger partial charge is 0.342 e. The van der Waals surface area contributed by atoms with E-state index in [0.717, 1.165) is 12.0 Å². The van der Waals surface area contributed by atoms with Crippen molar-refractivity contribution in [2.75, 3.05) is 0 Å². The Hall–Kier alpha value is -1.30. The van der Waals surface area contributed by atoms with Crippen molar-refractivity contribution in [3.8, 4) is 11.8 Å². The van der Waals surface area contributed by atoms with Crippen molar-refractivity contribution >= 4 is 0 Å². The van der Waals surface area contributed by atoms with Gasteiger partial charge in [-0.2, -0.15) is 0 Å². The predicted molar refractivity (Wildman–Crippen MR) is 60.7 cm³/mol. The highest BCUT2D eigenvalue weighted by molar-refractivity contribution is 5.39. The summed E-state index contributed by atoms with van der Waals surface area (Å²) < 4.78 is 11.7. The van der Waals surface area contributed by atoms with Gasteiger partial charge >= 0.3 is 0 Å². The van der Waals surface area contributed by atoms with Gasteiger partial charge in [-0.1, -0.05) is 24.0 Å². The van der Waals surface area contributed by atoms with Crippen LogP contribution in [0.4, 0.5) is 0 Å². The van der Waals surface area contributed by atoms with Gasteiger partial charge in [0.2, 0.25) is 0 Å². The lowest BCUT2D eigenvalue weighted by molar-refractivity contribution is -0.290. The first kappa shape index (κ1) is 9.89. The minimum atomic E-state index is -0.552. The first-order chi connectivity index (χ1) is 7.62. The van der Waals surface area contributed by atoms with Gasteiger partial charge in [0.1, 0.15) is 6.10 Å². The smallest absolute Gasteiger partial charge is 0.165 e. The third kappa shape index (κ3) is 1.73. The van der Waals surface area contributed by atoms with Crippen molar-refractivity contribution in [3.05, 3.63) is 35.4 Å². The van der Waals surface area contributed by atoms with Crippen LogP contribution in [0.2, 0.25) is 0 Å². The molecule has 1 fully saturated rings. The Morgan fingerprint density at radius 2 is 1.94 bits per heavy atom. The number of hydrogen-bond donors (Lipinski definition) is 0. The van der Waals surface area contributed by atoms with Crippen LogP contribution in [-0.4, -0.2) is 11.9 Å². The van der Waals surface area contributed by atoms with Crippen LogP contribution in [0.15, 0.2) is 24.3 Å². The lowest BCUT2D eigenvalue weighted by Crippen LogP contribution is -2.40. The first-order valence-electron chi connectivity index (χ1n) is 5.59. The standard InChI is InChI=1S/C14H14O2/c1-14(2)15-12-8-5-10-3-6-11(7-4-10)13(9-12)16-14/h3-4,6-7,12-13H,9H2,1-2H3. The summed E-state index contributed by atoms with van der Waals surface area (Å²) in [6.07, 6.45) is 0.877. The molecule has 4 bridgehead atoms. The molecule has 2 atom stereocenters. The lowest BCUT2D eigenvalue weighted by Gasteiger charge is -2.39. The van der Waals surface area contributed by atoms with E-state index in [2.05, 4.69) is 24.0 Å². The molecular weight excluding hydrogens is 200 g/mol. The molecule has 1 heterocycles. The van der Waals surface area contributed by atoms with E-state index in [0.29, 0.717) is 0 Å². The van der Waals surface area contributed by atoms with Crippen LogP contribution in [0.3, 0.4) is 0 Å². The molecule has 2 heteroatoms. The molecule has 2 aliphatic carbocycles. The Morgan fingerprint density at radius 1 is 1.19 bits per heavy atom. The lowest BCUT2D eigenvalue weighted by atomic mass is 10.0. The van der Waals surface area contributed by atoms with E-state index in [4.69, 9.17) is 9.47 Å². The van der Waals surface area contributed by atoms with E-state index < -0.39 is 5.79 Å². The molecule has 0 spiro atoms. The highest BCUT2D eigenvalue weighted by atomic mass is 16.7. The molecule has 0 saturated carbocycles. The summed E-state index contributed by atoms with van der Waals surface area (Å²) in [5.41, 5.74) is 2.24. The fourth-order valence-corrected chi connectivity index (χ4v) is 2.24. The molecule has 1 aromatic carbocycles. The van der Waals surface area contributed by atoms with E-state index in [1.807, 2.05) is 26.0 Å². The quantitative estimate of drug-likeness (QED) is 0.618. The second-order valence-electron chi connectivity index (χ2n) is 4.74. The second kappa shape index (κ2) is 3.35. The third-order valence-electron chi connectivity index (χ3n) is 2.94. The SMILES string of the molecule is CC1(C)OC2C#Cc3ccc(cc3)C(C2)O1. The maximum Gasteiger partial charge on any atom is 0.165 e. The zero-order valence-corrected chi connectivity index (χ0v) is 9.49. The summed E-state index contributed by atoms with van der Waals surface area (Å²) >= 11 is 0. The van der Waals surface area contributed by atoms with E-state index in [1.165, 1.54) is 5.56 Å². The molecule has 1 aliphatic heterocycles. The molecule has 0 amide bonds. The highest BCUT2D eigenvalue weighted by Gasteiger charge is 2.35. The van der Waals surface area contributed by atoms with Crippen LogP contribution >= 0.6 is 0 Å². The minimum Gasteiger partial charge on any atom is -0.342 e. The zero-order chi connectivity index (χ0) is 11.2. The highest BCUT2D eigenvalue weighted by Crippen LogP contribution is 2.36. The van der Waals surface area contributed by atoms with Crippen LogP contribution in [0.25, 0.3) is 0 Å².